The Morgan fingerprint density at radius 1 is 0.815 bits per heavy atom. The van der Waals surface area contributed by atoms with Gasteiger partial charge in [-0.25, -0.2) is 4.39 Å². The maximum absolute atomic E-state index is 13.7. The van der Waals surface area contributed by atoms with Crippen LogP contribution in [0.15, 0.2) is 30.3 Å². The van der Waals surface area contributed by atoms with E-state index >= 15 is 0 Å². The van der Waals surface area contributed by atoms with Crippen molar-refractivity contribution in [1.29, 1.82) is 0 Å². The second-order valence-electron chi connectivity index (χ2n) is 6.68. The fourth-order valence-corrected chi connectivity index (χ4v) is 3.57. The van der Waals surface area contributed by atoms with Crippen molar-refractivity contribution in [3.8, 4) is 11.5 Å². The lowest BCUT2D eigenvalue weighted by atomic mass is 9.90. The molecule has 2 aliphatic carbocycles. The smallest absolute Gasteiger partial charge is 0.168 e. The minimum absolute atomic E-state index is 0.0350. The van der Waals surface area contributed by atoms with Gasteiger partial charge in [-0.2, -0.15) is 0 Å². The minimum Gasteiger partial charge on any atom is -0.497 e. The van der Waals surface area contributed by atoms with Gasteiger partial charge in [-0.15, -0.1) is 0 Å². The Balaban J connectivity index is 0.000000156. The number of rotatable bonds is 2. The topological polar surface area (TPSA) is 52.6 Å². The van der Waals surface area contributed by atoms with E-state index in [-0.39, 0.29) is 23.1 Å². The van der Waals surface area contributed by atoms with Gasteiger partial charge in [-0.1, -0.05) is 0 Å². The normalized spacial score (nSPS) is 15.2. The molecule has 0 aromatic heterocycles. The second kappa shape index (κ2) is 8.33. The highest BCUT2D eigenvalue weighted by molar-refractivity contribution is 5.99. The van der Waals surface area contributed by atoms with E-state index in [2.05, 4.69) is 0 Å². The molecule has 142 valence electrons. The molecule has 0 unspecified atom stereocenters. The van der Waals surface area contributed by atoms with Gasteiger partial charge in [-0.05, 0) is 61.6 Å². The first-order valence-corrected chi connectivity index (χ1v) is 9.13. The maximum Gasteiger partial charge on any atom is 0.168 e. The Kier molecular flexibility index (Phi) is 5.89. The summed E-state index contributed by atoms with van der Waals surface area (Å²) in [4.78, 5) is 22.9. The number of ketones is 2. The number of hydrogen-bond acceptors (Lipinski definition) is 4. The lowest BCUT2D eigenvalue weighted by Crippen LogP contribution is -2.13. The average molecular weight is 370 g/mol. The Bertz CT molecular complexity index is 873. The monoisotopic (exact) mass is 370 g/mol. The molecule has 0 saturated heterocycles. The number of hydrogen-bond donors (Lipinski definition) is 0. The van der Waals surface area contributed by atoms with E-state index in [1.165, 1.54) is 13.2 Å². The van der Waals surface area contributed by atoms with E-state index in [0.29, 0.717) is 30.4 Å². The van der Waals surface area contributed by atoms with Crippen LogP contribution < -0.4 is 9.47 Å². The number of ether oxygens (including phenoxy) is 2. The van der Waals surface area contributed by atoms with Gasteiger partial charge < -0.3 is 9.47 Å². The Labute approximate surface area is 158 Å². The standard InChI is InChI=1S/C11H11FO2.C11H12O2/c1-14-10-6-5-7-8(11(10)12)3-2-4-9(7)13;1-13-9-5-6-10-8(7-9)3-2-4-11(10)12/h5-6H,2-4H2,1H3;5-7H,2-4H2,1H3. The molecule has 0 saturated carbocycles. The molecule has 2 aromatic carbocycles. The zero-order chi connectivity index (χ0) is 19.4. The molecule has 0 amide bonds. The summed E-state index contributed by atoms with van der Waals surface area (Å²) >= 11 is 0. The number of fused-ring (bicyclic) bond motifs is 2. The summed E-state index contributed by atoms with van der Waals surface area (Å²) in [5.74, 6) is 0.988. The number of Topliss-reactive ketones (excluding diaryl/α,β-unsaturated/α-hetero) is 2. The summed E-state index contributed by atoms with van der Waals surface area (Å²) in [6, 6.07) is 8.85. The first-order valence-electron chi connectivity index (χ1n) is 9.13. The quantitative estimate of drug-likeness (QED) is 0.777. The summed E-state index contributed by atoms with van der Waals surface area (Å²) in [6.45, 7) is 0. The van der Waals surface area contributed by atoms with E-state index in [1.54, 1.807) is 13.2 Å². The predicted octanol–water partition coefficient (Wildman–Crippen LogP) is 4.57. The average Bonchev–Trinajstić information content (AvgIpc) is 2.69. The van der Waals surface area contributed by atoms with Gasteiger partial charge in [0.05, 0.1) is 14.2 Å². The van der Waals surface area contributed by atoms with E-state index in [4.69, 9.17) is 9.47 Å². The Morgan fingerprint density at radius 3 is 2.19 bits per heavy atom. The number of methoxy groups -OCH3 is 2. The first-order chi connectivity index (χ1) is 13.0. The second-order valence-corrected chi connectivity index (χ2v) is 6.68. The molecule has 0 radical (unpaired) electrons. The van der Waals surface area contributed by atoms with Crippen molar-refractivity contribution in [2.75, 3.05) is 14.2 Å². The lowest BCUT2D eigenvalue weighted by molar-refractivity contribution is 0.0963. The van der Waals surface area contributed by atoms with Gasteiger partial charge in [0, 0.05) is 29.5 Å². The summed E-state index contributed by atoms with van der Waals surface area (Å²) in [5.41, 5.74) is 3.05. The van der Waals surface area contributed by atoms with Crippen molar-refractivity contribution in [2.24, 2.45) is 0 Å². The molecule has 4 rings (SSSR count). The lowest BCUT2D eigenvalue weighted by Gasteiger charge is -2.16. The van der Waals surface area contributed by atoms with Crippen molar-refractivity contribution < 1.29 is 23.5 Å². The molecular formula is C22H23FO4. The largest absolute Gasteiger partial charge is 0.497 e. The van der Waals surface area contributed by atoms with Crippen molar-refractivity contribution in [3.05, 3.63) is 58.4 Å². The first kappa shape index (κ1) is 19.1. The third-order valence-corrected chi connectivity index (χ3v) is 5.02. The van der Waals surface area contributed by atoms with Crippen LogP contribution in [0.5, 0.6) is 11.5 Å². The van der Waals surface area contributed by atoms with Crippen molar-refractivity contribution in [3.63, 3.8) is 0 Å². The summed E-state index contributed by atoms with van der Waals surface area (Å²) in [6.07, 6.45) is 4.55. The van der Waals surface area contributed by atoms with Gasteiger partial charge in [0.25, 0.3) is 0 Å². The number of halogens is 1. The molecule has 4 nitrogen and oxygen atoms in total. The number of aryl methyl sites for hydroxylation is 1. The molecule has 0 aliphatic heterocycles. The fraction of sp³-hybridized carbons (Fsp3) is 0.364. The molecule has 2 aliphatic rings. The highest BCUT2D eigenvalue weighted by Gasteiger charge is 2.22. The number of carbonyl (C=O) groups excluding carboxylic acids is 2. The van der Waals surface area contributed by atoms with E-state index in [9.17, 15) is 14.0 Å². The summed E-state index contributed by atoms with van der Waals surface area (Å²) in [5, 5.41) is 0. The molecule has 0 atom stereocenters. The van der Waals surface area contributed by atoms with Crippen LogP contribution in [0.4, 0.5) is 4.39 Å². The SMILES string of the molecule is COc1ccc2c(c1)CCCC2=O.COc1ccc2c(c1F)CCCC2=O. The van der Waals surface area contributed by atoms with Crippen LogP contribution in [0.1, 0.15) is 57.5 Å². The molecule has 2 aromatic rings. The molecule has 5 heteroatoms. The molecule has 0 fully saturated rings. The molecular weight excluding hydrogens is 347 g/mol. The van der Waals surface area contributed by atoms with Gasteiger partial charge in [0.2, 0.25) is 0 Å². The summed E-state index contributed by atoms with van der Waals surface area (Å²) < 4.78 is 23.6. The van der Waals surface area contributed by atoms with Crippen LogP contribution in [0.3, 0.4) is 0 Å². The highest BCUT2D eigenvalue weighted by atomic mass is 19.1. The van der Waals surface area contributed by atoms with Crippen LogP contribution in [0.25, 0.3) is 0 Å². The van der Waals surface area contributed by atoms with Crippen molar-refractivity contribution in [2.45, 2.75) is 38.5 Å². The Morgan fingerprint density at radius 2 is 1.48 bits per heavy atom. The van der Waals surface area contributed by atoms with Crippen molar-refractivity contribution in [1.82, 2.24) is 0 Å². The molecule has 0 heterocycles. The van der Waals surface area contributed by atoms with Gasteiger partial charge in [-0.3, -0.25) is 9.59 Å². The third-order valence-electron chi connectivity index (χ3n) is 5.02. The van der Waals surface area contributed by atoms with Crippen LogP contribution in [0, 0.1) is 5.82 Å². The summed E-state index contributed by atoms with van der Waals surface area (Å²) in [7, 11) is 3.07. The van der Waals surface area contributed by atoms with Crippen LogP contribution in [0.2, 0.25) is 0 Å². The zero-order valence-corrected chi connectivity index (χ0v) is 15.6. The maximum atomic E-state index is 13.7. The van der Waals surface area contributed by atoms with E-state index in [1.807, 2.05) is 18.2 Å². The predicted molar refractivity (Wildman–Crippen MR) is 100 cm³/mol. The van der Waals surface area contributed by atoms with Crippen LogP contribution >= 0.6 is 0 Å². The van der Waals surface area contributed by atoms with Gasteiger partial charge >= 0.3 is 0 Å². The van der Waals surface area contributed by atoms with E-state index in [0.717, 1.165) is 36.1 Å². The zero-order valence-electron chi connectivity index (χ0n) is 15.6. The molecule has 0 bridgehead atoms. The van der Waals surface area contributed by atoms with Gasteiger partial charge in [0.1, 0.15) is 5.75 Å². The number of carbonyl (C=O) groups is 2. The third kappa shape index (κ3) is 4.02. The van der Waals surface area contributed by atoms with Crippen LogP contribution in [-0.4, -0.2) is 25.8 Å². The van der Waals surface area contributed by atoms with Crippen molar-refractivity contribution >= 4 is 11.6 Å². The molecule has 0 spiro atoms. The highest BCUT2D eigenvalue weighted by Crippen LogP contribution is 2.29. The Hall–Kier alpha value is -2.69. The van der Waals surface area contributed by atoms with Gasteiger partial charge in [0.15, 0.2) is 23.1 Å². The van der Waals surface area contributed by atoms with Crippen LogP contribution in [-0.2, 0) is 12.8 Å². The number of benzene rings is 2. The molecule has 0 N–H and O–H groups in total. The minimum atomic E-state index is -0.377. The van der Waals surface area contributed by atoms with E-state index < -0.39 is 0 Å². The molecule has 27 heavy (non-hydrogen) atoms. The fourth-order valence-electron chi connectivity index (χ4n) is 3.57.